The topological polar surface area (TPSA) is 102 Å². The molecule has 0 bridgehead atoms. The molecule has 1 amide bonds. The molecule has 1 aromatic heterocycles. The summed E-state index contributed by atoms with van der Waals surface area (Å²) in [4.78, 5) is 37.2. The number of ether oxygens (including phenoxy) is 2. The lowest BCUT2D eigenvalue weighted by Gasteiger charge is -2.24. The Labute approximate surface area is 182 Å². The fourth-order valence-electron chi connectivity index (χ4n) is 3.71. The first kappa shape index (κ1) is 20.6. The van der Waals surface area contributed by atoms with Gasteiger partial charge in [-0.3, -0.25) is 4.79 Å². The van der Waals surface area contributed by atoms with Crippen LogP contribution in [0, 0.1) is 0 Å². The van der Waals surface area contributed by atoms with Gasteiger partial charge in [-0.2, -0.15) is 0 Å². The van der Waals surface area contributed by atoms with Crippen molar-refractivity contribution in [3.05, 3.63) is 69.4 Å². The van der Waals surface area contributed by atoms with Crippen LogP contribution in [-0.4, -0.2) is 37.2 Å². The molecular formula is C23H19NO6S. The molecule has 2 aromatic carbocycles. The van der Waals surface area contributed by atoms with E-state index in [-0.39, 0.29) is 23.1 Å². The maximum atomic E-state index is 12.5. The van der Waals surface area contributed by atoms with Gasteiger partial charge in [0, 0.05) is 22.8 Å². The van der Waals surface area contributed by atoms with Gasteiger partial charge >= 0.3 is 11.9 Å². The summed E-state index contributed by atoms with van der Waals surface area (Å²) < 4.78 is 9.92. The highest BCUT2D eigenvalue weighted by atomic mass is 32.1. The molecule has 0 saturated heterocycles. The van der Waals surface area contributed by atoms with Crippen molar-refractivity contribution in [2.24, 2.45) is 0 Å². The van der Waals surface area contributed by atoms with Gasteiger partial charge in [0.2, 0.25) is 5.91 Å². The Morgan fingerprint density at radius 2 is 1.74 bits per heavy atom. The second kappa shape index (κ2) is 8.23. The summed E-state index contributed by atoms with van der Waals surface area (Å²) in [6.07, 6.45) is 0.187. The number of rotatable bonds is 5. The van der Waals surface area contributed by atoms with E-state index in [1.54, 1.807) is 55.6 Å². The maximum absolute atomic E-state index is 12.5. The van der Waals surface area contributed by atoms with Gasteiger partial charge in [-0.25, -0.2) is 9.59 Å². The number of carboxylic acids is 1. The van der Waals surface area contributed by atoms with E-state index in [0.29, 0.717) is 28.1 Å². The molecule has 0 unspecified atom stereocenters. The molecule has 4 rings (SSSR count). The Kier molecular flexibility index (Phi) is 5.48. The molecule has 0 radical (unpaired) electrons. The fourth-order valence-corrected chi connectivity index (χ4v) is 4.96. The zero-order chi connectivity index (χ0) is 22.1. The van der Waals surface area contributed by atoms with Crippen molar-refractivity contribution in [3.63, 3.8) is 0 Å². The lowest BCUT2D eigenvalue weighted by Crippen LogP contribution is -2.22. The Hall–Kier alpha value is -3.65. The van der Waals surface area contributed by atoms with Crippen LogP contribution in [0.2, 0.25) is 0 Å². The normalized spacial score (nSPS) is 15.0. The van der Waals surface area contributed by atoms with Crippen LogP contribution in [0.4, 0.5) is 5.69 Å². The number of anilines is 1. The summed E-state index contributed by atoms with van der Waals surface area (Å²) in [5.74, 6) is -1.36. The number of hydrogen-bond acceptors (Lipinski definition) is 6. The first-order chi connectivity index (χ1) is 14.9. The second-order valence-corrected chi connectivity index (χ2v) is 8.05. The predicted octanol–water partition coefficient (Wildman–Crippen LogP) is 4.38. The van der Waals surface area contributed by atoms with Gasteiger partial charge in [0.05, 0.1) is 25.5 Å². The third-order valence-electron chi connectivity index (χ3n) is 5.21. The monoisotopic (exact) mass is 437 g/mol. The number of methoxy groups -OCH3 is 2. The third kappa shape index (κ3) is 3.77. The van der Waals surface area contributed by atoms with Crippen molar-refractivity contribution in [1.82, 2.24) is 0 Å². The smallest absolute Gasteiger partial charge is 0.346 e. The van der Waals surface area contributed by atoms with E-state index >= 15 is 0 Å². The highest BCUT2D eigenvalue weighted by molar-refractivity contribution is 7.15. The molecule has 0 saturated carbocycles. The van der Waals surface area contributed by atoms with E-state index in [4.69, 9.17) is 9.47 Å². The molecule has 0 spiro atoms. The first-order valence-corrected chi connectivity index (χ1v) is 10.3. The number of fused-ring (bicyclic) bond motifs is 1. The number of aromatic carboxylic acids is 1. The van der Waals surface area contributed by atoms with E-state index in [2.05, 4.69) is 5.32 Å². The number of esters is 1. The van der Waals surface area contributed by atoms with Crippen molar-refractivity contribution in [3.8, 4) is 16.9 Å². The number of carbonyl (C=O) groups is 3. The summed E-state index contributed by atoms with van der Waals surface area (Å²) >= 11 is 1.16. The number of carbonyl (C=O) groups excluding carboxylic acids is 2. The van der Waals surface area contributed by atoms with Crippen molar-refractivity contribution in [1.29, 1.82) is 0 Å². The van der Waals surface area contributed by atoms with Gasteiger partial charge in [0.1, 0.15) is 10.6 Å². The third-order valence-corrected chi connectivity index (χ3v) is 6.50. The number of thiophene rings is 1. The van der Waals surface area contributed by atoms with Crippen molar-refractivity contribution >= 4 is 34.9 Å². The molecule has 1 aliphatic heterocycles. The average Bonchev–Trinajstić information content (AvgIpc) is 3.17. The molecule has 1 atom stereocenters. The first-order valence-electron chi connectivity index (χ1n) is 9.45. The van der Waals surface area contributed by atoms with E-state index in [1.165, 1.54) is 7.11 Å². The molecule has 0 aliphatic carbocycles. The largest absolute Gasteiger partial charge is 0.497 e. The molecule has 0 fully saturated rings. The van der Waals surface area contributed by atoms with E-state index in [1.807, 2.05) is 0 Å². The lowest BCUT2D eigenvalue weighted by molar-refractivity contribution is -0.116. The highest BCUT2D eigenvalue weighted by Crippen LogP contribution is 2.49. The van der Waals surface area contributed by atoms with Crippen LogP contribution in [0.5, 0.6) is 5.75 Å². The average molecular weight is 437 g/mol. The number of carboxylic acid groups (broad SMARTS) is 1. The number of benzene rings is 2. The van der Waals surface area contributed by atoms with Crippen LogP contribution in [0.25, 0.3) is 11.1 Å². The second-order valence-electron chi connectivity index (χ2n) is 7.00. The molecule has 7 nitrogen and oxygen atoms in total. The molecule has 158 valence electrons. The zero-order valence-electron chi connectivity index (χ0n) is 16.8. The van der Waals surface area contributed by atoms with E-state index < -0.39 is 11.9 Å². The van der Waals surface area contributed by atoms with Crippen molar-refractivity contribution in [2.75, 3.05) is 19.5 Å². The molecule has 2 N–H and O–H groups in total. The quantitative estimate of drug-likeness (QED) is 0.574. The van der Waals surface area contributed by atoms with Crippen LogP contribution in [0.15, 0.2) is 48.5 Å². The van der Waals surface area contributed by atoms with Crippen molar-refractivity contribution < 1.29 is 29.0 Å². The lowest BCUT2D eigenvalue weighted by atomic mass is 9.88. The molecule has 31 heavy (non-hydrogen) atoms. The Morgan fingerprint density at radius 3 is 2.32 bits per heavy atom. The molecule has 2 heterocycles. The molecular weight excluding hydrogens is 418 g/mol. The van der Waals surface area contributed by atoms with Gasteiger partial charge < -0.3 is 19.9 Å². The van der Waals surface area contributed by atoms with Crippen LogP contribution >= 0.6 is 11.3 Å². The summed E-state index contributed by atoms with van der Waals surface area (Å²) in [5.41, 5.74) is 2.91. The zero-order valence-corrected chi connectivity index (χ0v) is 17.6. The van der Waals surface area contributed by atoms with Crippen LogP contribution in [0.3, 0.4) is 0 Å². The summed E-state index contributed by atoms with van der Waals surface area (Å²) in [5, 5.41) is 12.7. The molecule has 3 aromatic rings. The maximum Gasteiger partial charge on any atom is 0.346 e. The number of hydrogen-bond donors (Lipinski definition) is 2. The Bertz CT molecular complexity index is 1160. The minimum absolute atomic E-state index is 0.161. The summed E-state index contributed by atoms with van der Waals surface area (Å²) in [6.45, 7) is 0. The van der Waals surface area contributed by atoms with Gasteiger partial charge in [0.25, 0.3) is 0 Å². The van der Waals surface area contributed by atoms with Gasteiger partial charge in [0.15, 0.2) is 0 Å². The van der Waals surface area contributed by atoms with Gasteiger partial charge in [-0.15, -0.1) is 11.3 Å². The van der Waals surface area contributed by atoms with Crippen molar-refractivity contribution in [2.45, 2.75) is 12.3 Å². The fraction of sp³-hybridized carbons (Fsp3) is 0.174. The van der Waals surface area contributed by atoms with E-state index in [0.717, 1.165) is 21.8 Å². The van der Waals surface area contributed by atoms with Crippen LogP contribution in [-0.2, 0) is 9.53 Å². The molecule has 1 aliphatic rings. The minimum atomic E-state index is -1.06. The van der Waals surface area contributed by atoms with Crippen LogP contribution < -0.4 is 10.1 Å². The minimum Gasteiger partial charge on any atom is -0.497 e. The SMILES string of the molecule is COC(=O)c1ccc([C@H]2CC(=O)Nc3c2sc(C(=O)O)c3-c2ccc(OC)cc2)cc1. The predicted molar refractivity (Wildman–Crippen MR) is 116 cm³/mol. The Balaban J connectivity index is 1.83. The van der Waals surface area contributed by atoms with E-state index in [9.17, 15) is 19.5 Å². The highest BCUT2D eigenvalue weighted by Gasteiger charge is 2.34. The standard InChI is InChI=1S/C23H19NO6S/c1-29-15-9-7-13(8-10-15)18-19-20(31-21(18)22(26)27)16(11-17(25)24-19)12-3-5-14(6-4-12)23(28)30-2/h3-10,16H,11H2,1-2H3,(H,24,25)(H,26,27)/t16-/m1/s1. The van der Waals surface area contributed by atoms with Gasteiger partial charge in [-0.05, 0) is 35.4 Å². The Morgan fingerprint density at radius 1 is 1.06 bits per heavy atom. The number of amides is 1. The number of nitrogens with one attached hydrogen (secondary N) is 1. The summed E-state index contributed by atoms with van der Waals surface area (Å²) in [6, 6.07) is 13.9. The van der Waals surface area contributed by atoms with Crippen LogP contribution in [0.1, 0.15) is 42.8 Å². The van der Waals surface area contributed by atoms with Gasteiger partial charge in [-0.1, -0.05) is 24.3 Å². The molecule has 8 heteroatoms. The summed E-state index contributed by atoms with van der Waals surface area (Å²) in [7, 11) is 2.87.